The lowest BCUT2D eigenvalue weighted by atomic mass is 10.1. The third kappa shape index (κ3) is 31.9. The van der Waals surface area contributed by atoms with Crippen molar-refractivity contribution in [2.45, 2.75) is 74.9 Å². The molecular formula is C68H84I12N12O30. The molecule has 8 atom stereocenters. The predicted molar refractivity (Wildman–Crippen MR) is 537 cm³/mol. The van der Waals surface area contributed by atoms with Gasteiger partial charge in [-0.2, -0.15) is 0 Å². The summed E-state index contributed by atoms with van der Waals surface area (Å²) in [6, 6.07) is 0. The average Bonchev–Trinajstić information content (AvgIpc) is 0.769. The van der Waals surface area contributed by atoms with Gasteiger partial charge in [-0.25, -0.2) is 0 Å². The van der Waals surface area contributed by atoms with Gasteiger partial charge < -0.3 is 154 Å². The van der Waals surface area contributed by atoms with Crippen molar-refractivity contribution < 1.29 is 149 Å². The highest BCUT2D eigenvalue weighted by Gasteiger charge is 2.39. The van der Waals surface area contributed by atoms with Crippen LogP contribution in [0.1, 0.15) is 96.7 Å². The van der Waals surface area contributed by atoms with Crippen LogP contribution in [0.15, 0.2) is 0 Å². The summed E-state index contributed by atoms with van der Waals surface area (Å²) >= 11 is 21.2. The molecule has 0 aliphatic carbocycles. The first kappa shape index (κ1) is 115. The fraction of sp³-hybridized carbons (Fsp3) is 0.471. The second-order valence-corrected chi connectivity index (χ2v) is 38.6. The van der Waals surface area contributed by atoms with Crippen molar-refractivity contribution in [1.29, 1.82) is 0 Å². The minimum Gasteiger partial charge on any atom is -0.394 e. The molecule has 0 fully saturated rings. The smallest absolute Gasteiger partial charge is 0.253 e. The van der Waals surface area contributed by atoms with E-state index in [4.69, 9.17) is 0 Å². The van der Waals surface area contributed by atoms with Crippen LogP contribution in [0.4, 0.5) is 22.7 Å². The number of aliphatic hydroxyl groups is 18. The fourth-order valence-electron chi connectivity index (χ4n) is 10.2. The van der Waals surface area contributed by atoms with Gasteiger partial charge in [-0.15, -0.1) is 0 Å². The number of carbonyl (C=O) groups is 12. The molecule has 4 rings (SSSR count). The van der Waals surface area contributed by atoms with Gasteiger partial charge in [0, 0.05) is 80.5 Å². The van der Waals surface area contributed by atoms with Crippen molar-refractivity contribution in [3.05, 3.63) is 87.3 Å². The van der Waals surface area contributed by atoms with E-state index in [1.807, 2.05) is 0 Å². The van der Waals surface area contributed by atoms with Gasteiger partial charge >= 0.3 is 0 Å². The molecule has 26 N–H and O–H groups in total. The Balaban J connectivity index is 0.000000630. The minimum absolute atomic E-state index is 0.0141. The number of anilines is 4. The second-order valence-electron chi connectivity index (χ2n) is 25.6. The molecule has 0 aliphatic rings. The van der Waals surface area contributed by atoms with Gasteiger partial charge in [-0.05, 0) is 271 Å². The Morgan fingerprint density at radius 3 is 0.516 bits per heavy atom. The van der Waals surface area contributed by atoms with Crippen LogP contribution >= 0.6 is 271 Å². The molecular weight excluding hydrogens is 2990 g/mol. The van der Waals surface area contributed by atoms with Gasteiger partial charge in [0.05, 0.1) is 236 Å². The molecule has 0 bridgehead atoms. The largest absolute Gasteiger partial charge is 0.394 e. The normalized spacial score (nSPS) is 13.6. The highest BCUT2D eigenvalue weighted by atomic mass is 127. The summed E-state index contributed by atoms with van der Waals surface area (Å²) in [4.78, 5) is 165. The molecule has 0 radical (unpaired) electrons. The standard InChI is InChI=1S/C35H44I6N6O15.C33H40I6N6O15/c1-13(52)46(30-26(38)20(32(59)42-3-15(54)9-48)24(36)21(27(30)39)33(60)43-4-16(55)10-49)7-19(58)8-47(14(2)53)31-28(40)22(34(61)44-5-17(56)11-50)25(37)23(29(31)41)35(62)45-6-18(57)12-51;34-22-18(30(57)40-1-13(52)7-46)24(36)28(25(37)19(22)31(58)41-2-14(53)8-47)44(11-50)5-17(56)6-45(12-51)29-26(38)20(32(59)42-3-15(54)9-48)23(35)21(27(29)39)33(60)43-4-16(55)10-49/h15-19,48-51,54-58H,3-12H2,1-2H3,(H,42,59)(H,43,60)(H,44,61)(H,45,62);11-17,46-49,52-56H,1-10H2,(H,40,57)(H,41,58)(H,42,59)(H,43,60). The maximum Gasteiger partial charge on any atom is 0.253 e. The summed E-state index contributed by atoms with van der Waals surface area (Å²) in [5.41, 5.74) is -1.09. The number of hydrogen-bond acceptors (Lipinski definition) is 30. The first-order valence-electron chi connectivity index (χ1n) is 35.0. The third-order valence-electron chi connectivity index (χ3n) is 16.4. The van der Waals surface area contributed by atoms with Crippen LogP contribution in [-0.4, -0.2) is 356 Å². The van der Waals surface area contributed by atoms with E-state index in [-0.39, 0.29) is 162 Å². The highest BCUT2D eigenvalue weighted by molar-refractivity contribution is 14.1. The maximum absolute atomic E-state index is 13.6. The summed E-state index contributed by atoms with van der Waals surface area (Å²) in [5, 5.41) is 196. The number of nitrogens with zero attached hydrogens (tertiary/aromatic N) is 4. The van der Waals surface area contributed by atoms with E-state index in [2.05, 4.69) is 42.5 Å². The lowest BCUT2D eigenvalue weighted by Crippen LogP contribution is -2.45. The van der Waals surface area contributed by atoms with Gasteiger partial charge in [0.1, 0.15) is 0 Å². The van der Waals surface area contributed by atoms with Crippen molar-refractivity contribution in [2.75, 3.05) is 151 Å². The Hall–Kier alpha value is -1.44. The summed E-state index contributed by atoms with van der Waals surface area (Å²) < 4.78 is 1.31. The number of amides is 12. The molecule has 4 aromatic carbocycles. The van der Waals surface area contributed by atoms with Crippen LogP contribution in [0.3, 0.4) is 0 Å². The molecule has 0 heterocycles. The zero-order valence-electron chi connectivity index (χ0n) is 63.3. The van der Waals surface area contributed by atoms with Crippen LogP contribution in [0.2, 0.25) is 0 Å². The monoisotopic (exact) mass is 3070 g/mol. The molecule has 0 saturated heterocycles. The lowest BCUT2D eigenvalue weighted by molar-refractivity contribution is -0.117. The zero-order chi connectivity index (χ0) is 92.9. The number of hydrogen-bond donors (Lipinski definition) is 26. The van der Waals surface area contributed by atoms with Crippen LogP contribution in [0.25, 0.3) is 0 Å². The molecule has 0 aromatic heterocycles. The molecule has 12 amide bonds. The van der Waals surface area contributed by atoms with E-state index < -0.39 is 199 Å². The molecule has 680 valence electrons. The quantitative estimate of drug-likeness (QED) is 0.0148. The van der Waals surface area contributed by atoms with E-state index >= 15 is 0 Å². The van der Waals surface area contributed by atoms with Gasteiger partial charge in [0.15, 0.2) is 0 Å². The Labute approximate surface area is 858 Å². The van der Waals surface area contributed by atoms with Crippen LogP contribution in [0.5, 0.6) is 0 Å². The molecule has 0 aliphatic heterocycles. The third-order valence-corrected chi connectivity index (χ3v) is 29.1. The summed E-state index contributed by atoms with van der Waals surface area (Å²) in [6.07, 6.45) is -13.3. The Morgan fingerprint density at radius 2 is 0.385 bits per heavy atom. The topological polar surface area (TPSA) is 678 Å². The van der Waals surface area contributed by atoms with Crippen LogP contribution < -0.4 is 62.1 Å². The number of halogens is 12. The van der Waals surface area contributed by atoms with Crippen molar-refractivity contribution in [3.63, 3.8) is 0 Å². The van der Waals surface area contributed by atoms with Crippen molar-refractivity contribution in [3.8, 4) is 0 Å². The predicted octanol–water partition coefficient (Wildman–Crippen LogP) is -3.95. The molecule has 0 saturated carbocycles. The van der Waals surface area contributed by atoms with E-state index in [9.17, 15) is 149 Å². The summed E-state index contributed by atoms with van der Waals surface area (Å²) in [7, 11) is 0. The van der Waals surface area contributed by atoms with Gasteiger partial charge in [0.2, 0.25) is 24.6 Å². The first-order chi connectivity index (χ1) is 57.2. The summed E-state index contributed by atoms with van der Waals surface area (Å²) in [5.74, 6) is -7.84. The van der Waals surface area contributed by atoms with Crippen LogP contribution in [0, 0.1) is 42.8 Å². The number of aliphatic hydroxyl groups excluding tert-OH is 18. The van der Waals surface area contributed by atoms with Gasteiger partial charge in [-0.1, -0.05) is 0 Å². The zero-order valence-corrected chi connectivity index (χ0v) is 89.2. The number of carbonyl (C=O) groups excluding carboxylic acids is 12. The van der Waals surface area contributed by atoms with E-state index in [1.54, 1.807) is 271 Å². The Morgan fingerprint density at radius 1 is 0.246 bits per heavy atom. The van der Waals surface area contributed by atoms with E-state index in [1.165, 1.54) is 0 Å². The Bertz CT molecular complexity index is 3960. The molecule has 0 spiro atoms. The van der Waals surface area contributed by atoms with E-state index in [0.717, 1.165) is 33.4 Å². The molecule has 54 heteroatoms. The van der Waals surface area contributed by atoms with Crippen molar-refractivity contribution >= 4 is 366 Å². The minimum atomic E-state index is -1.62. The second kappa shape index (κ2) is 56.4. The first-order valence-corrected chi connectivity index (χ1v) is 48.0. The number of rotatable bonds is 46. The van der Waals surface area contributed by atoms with Crippen LogP contribution in [-0.2, 0) is 19.2 Å². The van der Waals surface area contributed by atoms with Crippen molar-refractivity contribution in [1.82, 2.24) is 42.5 Å². The number of benzene rings is 4. The SMILES string of the molecule is CC(=O)N(CC(O)CN(C(C)=O)c1c(I)c(C(=O)NCC(O)CO)c(I)c(C(=O)NCC(O)CO)c1I)c1c(I)c(C(=O)NCC(O)CO)c(I)c(C(=O)NCC(O)CO)c1I.O=CN(CC(O)CN(C=O)c1c(I)c(C(=O)NCC(O)CO)c(I)c(C(=O)NCC(O)CO)c1I)c1c(I)c(C(=O)NCC(O)CO)c(I)c(C(=O)NCC(O)CO)c1I. The van der Waals surface area contributed by atoms with Gasteiger partial charge in [0.25, 0.3) is 47.3 Å². The highest BCUT2D eigenvalue weighted by Crippen LogP contribution is 2.43. The maximum atomic E-state index is 13.6. The van der Waals surface area contributed by atoms with Crippen molar-refractivity contribution in [2.24, 2.45) is 0 Å². The summed E-state index contributed by atoms with van der Waals surface area (Å²) in [6.45, 7) is -8.48. The van der Waals surface area contributed by atoms with Gasteiger partial charge in [-0.3, -0.25) is 57.5 Å². The number of nitrogens with one attached hydrogen (secondary N) is 8. The molecule has 122 heavy (non-hydrogen) atoms. The molecule has 42 nitrogen and oxygen atoms in total. The average molecular weight is 3070 g/mol. The molecule has 8 unspecified atom stereocenters. The van der Waals surface area contributed by atoms with E-state index in [0.29, 0.717) is 12.8 Å². The molecule has 4 aromatic rings. The fourth-order valence-corrected chi connectivity index (χ4v) is 29.2. The lowest BCUT2D eigenvalue weighted by Gasteiger charge is -2.32. The Kier molecular flexibility index (Phi) is 53.1.